The average Bonchev–Trinajstić information content (AvgIpc) is 3.00. The molecule has 1 fully saturated rings. The van der Waals surface area contributed by atoms with Gasteiger partial charge in [0.25, 0.3) is 5.91 Å². The van der Waals surface area contributed by atoms with E-state index in [0.717, 1.165) is 74.8 Å². The molecular formula is C36H46N2O3. The minimum Gasteiger partial charge on any atom is -0.466 e. The van der Waals surface area contributed by atoms with Crippen molar-refractivity contribution >= 4 is 11.9 Å². The largest absolute Gasteiger partial charge is 0.466 e. The van der Waals surface area contributed by atoms with E-state index in [1.54, 1.807) is 0 Å². The summed E-state index contributed by atoms with van der Waals surface area (Å²) in [6, 6.07) is 26.8. The van der Waals surface area contributed by atoms with Crippen molar-refractivity contribution in [3.05, 3.63) is 95.6 Å². The van der Waals surface area contributed by atoms with Crippen molar-refractivity contribution < 1.29 is 14.3 Å². The van der Waals surface area contributed by atoms with Gasteiger partial charge in [-0.25, -0.2) is 0 Å². The molecule has 1 atom stereocenters. The van der Waals surface area contributed by atoms with Crippen LogP contribution in [-0.4, -0.2) is 49.1 Å². The quantitative estimate of drug-likeness (QED) is 0.225. The number of hydrogen-bond donors (Lipinski definition) is 1. The van der Waals surface area contributed by atoms with E-state index in [-0.39, 0.29) is 23.3 Å². The van der Waals surface area contributed by atoms with Gasteiger partial charge in [-0.3, -0.25) is 9.59 Å². The molecule has 0 bridgehead atoms. The summed E-state index contributed by atoms with van der Waals surface area (Å²) in [5, 5.41) is 3.31. The standard InChI is InChI=1S/C36H46N2O3/c1-4-25-41-34(39)27-36(5-2,30-15-7-6-8-16-30)21-12-22-38-23-19-31(20-24-38)37-35(40)33-18-10-9-17-32(33)29-14-11-13-28(3)26-29/h6-11,13-18,26,31H,4-5,12,19-25,27H2,1-3H3,(H,37,40). The van der Waals surface area contributed by atoms with Gasteiger partial charge in [0.1, 0.15) is 0 Å². The maximum Gasteiger partial charge on any atom is 0.306 e. The van der Waals surface area contributed by atoms with E-state index in [4.69, 9.17) is 4.74 Å². The number of nitrogens with zero attached hydrogens (tertiary/aromatic N) is 1. The highest BCUT2D eigenvalue weighted by atomic mass is 16.5. The Hall–Kier alpha value is -3.44. The monoisotopic (exact) mass is 554 g/mol. The highest BCUT2D eigenvalue weighted by Crippen LogP contribution is 2.37. The number of esters is 1. The van der Waals surface area contributed by atoms with Crippen molar-refractivity contribution in [3.8, 4) is 11.1 Å². The van der Waals surface area contributed by atoms with Gasteiger partial charge in [-0.05, 0) is 74.8 Å². The molecule has 1 amide bonds. The molecule has 0 radical (unpaired) electrons. The molecule has 0 saturated carbocycles. The van der Waals surface area contributed by atoms with Crippen LogP contribution in [0.3, 0.4) is 0 Å². The average molecular weight is 555 g/mol. The number of likely N-dealkylation sites (tertiary alicyclic amines) is 1. The Morgan fingerprint density at radius 2 is 1.68 bits per heavy atom. The summed E-state index contributed by atoms with van der Waals surface area (Å²) in [5.74, 6) is -0.0933. The van der Waals surface area contributed by atoms with Gasteiger partial charge in [0.15, 0.2) is 0 Å². The molecule has 1 unspecified atom stereocenters. The molecular weight excluding hydrogens is 508 g/mol. The Labute approximate surface area is 246 Å². The Bertz CT molecular complexity index is 1270. The van der Waals surface area contributed by atoms with E-state index >= 15 is 0 Å². The molecule has 1 saturated heterocycles. The molecule has 218 valence electrons. The predicted octanol–water partition coefficient (Wildman–Crippen LogP) is 7.33. The Morgan fingerprint density at radius 3 is 2.39 bits per heavy atom. The van der Waals surface area contributed by atoms with Gasteiger partial charge in [0.2, 0.25) is 0 Å². The summed E-state index contributed by atoms with van der Waals surface area (Å²) in [6.07, 6.45) is 6.01. The molecule has 3 aromatic rings. The maximum atomic E-state index is 13.3. The lowest BCUT2D eigenvalue weighted by atomic mass is 9.72. The first-order valence-electron chi connectivity index (χ1n) is 15.3. The van der Waals surface area contributed by atoms with Crippen molar-refractivity contribution in [1.82, 2.24) is 10.2 Å². The van der Waals surface area contributed by atoms with E-state index < -0.39 is 0 Å². The number of carbonyl (C=O) groups is 2. The van der Waals surface area contributed by atoms with Crippen LogP contribution >= 0.6 is 0 Å². The molecule has 0 aliphatic carbocycles. The fraction of sp³-hybridized carbons (Fsp3) is 0.444. The van der Waals surface area contributed by atoms with Gasteiger partial charge in [-0.15, -0.1) is 0 Å². The van der Waals surface area contributed by atoms with Crippen molar-refractivity contribution in [1.29, 1.82) is 0 Å². The Kier molecular flexibility index (Phi) is 11.1. The molecule has 1 aliphatic heterocycles. The second-order valence-corrected chi connectivity index (χ2v) is 11.5. The summed E-state index contributed by atoms with van der Waals surface area (Å²) < 4.78 is 5.50. The van der Waals surface area contributed by atoms with Crippen LogP contribution in [0.15, 0.2) is 78.9 Å². The molecule has 5 nitrogen and oxygen atoms in total. The highest BCUT2D eigenvalue weighted by Gasteiger charge is 2.33. The van der Waals surface area contributed by atoms with Crippen LogP contribution in [0.25, 0.3) is 11.1 Å². The third-order valence-electron chi connectivity index (χ3n) is 8.57. The number of hydrogen-bond acceptors (Lipinski definition) is 4. The smallest absolute Gasteiger partial charge is 0.306 e. The number of rotatable bonds is 13. The van der Waals surface area contributed by atoms with Gasteiger partial charge < -0.3 is 15.0 Å². The van der Waals surface area contributed by atoms with E-state index in [2.05, 4.69) is 66.5 Å². The van der Waals surface area contributed by atoms with Gasteiger partial charge in [-0.1, -0.05) is 92.2 Å². The molecule has 0 spiro atoms. The fourth-order valence-electron chi connectivity index (χ4n) is 6.13. The van der Waals surface area contributed by atoms with Gasteiger partial charge in [0.05, 0.1) is 13.0 Å². The lowest BCUT2D eigenvalue weighted by Crippen LogP contribution is -2.45. The first-order chi connectivity index (χ1) is 19.9. The van der Waals surface area contributed by atoms with Crippen molar-refractivity contribution in [2.24, 2.45) is 0 Å². The topological polar surface area (TPSA) is 58.6 Å². The lowest BCUT2D eigenvalue weighted by Gasteiger charge is -2.35. The maximum absolute atomic E-state index is 13.3. The van der Waals surface area contributed by atoms with Crippen LogP contribution < -0.4 is 5.32 Å². The molecule has 1 aliphatic rings. The van der Waals surface area contributed by atoms with Crippen molar-refractivity contribution in [2.45, 2.75) is 77.2 Å². The second kappa shape index (κ2) is 15.0. The minimum atomic E-state index is -0.205. The zero-order valence-corrected chi connectivity index (χ0v) is 25.0. The predicted molar refractivity (Wildman–Crippen MR) is 167 cm³/mol. The van der Waals surface area contributed by atoms with Crippen LogP contribution in [0.5, 0.6) is 0 Å². The molecule has 3 aromatic carbocycles. The first-order valence-corrected chi connectivity index (χ1v) is 15.3. The summed E-state index contributed by atoms with van der Waals surface area (Å²) >= 11 is 0. The summed E-state index contributed by atoms with van der Waals surface area (Å²) in [4.78, 5) is 28.5. The van der Waals surface area contributed by atoms with Crippen LogP contribution in [0.4, 0.5) is 0 Å². The number of amides is 1. The summed E-state index contributed by atoms with van der Waals surface area (Å²) in [5.41, 5.74) is 4.98. The van der Waals surface area contributed by atoms with E-state index in [9.17, 15) is 9.59 Å². The van der Waals surface area contributed by atoms with Gasteiger partial charge >= 0.3 is 5.97 Å². The molecule has 41 heavy (non-hydrogen) atoms. The fourth-order valence-corrected chi connectivity index (χ4v) is 6.13. The number of nitrogens with one attached hydrogen (secondary N) is 1. The van der Waals surface area contributed by atoms with Crippen LogP contribution in [-0.2, 0) is 14.9 Å². The van der Waals surface area contributed by atoms with E-state index in [1.807, 2.05) is 43.3 Å². The Balaban J connectivity index is 1.30. The van der Waals surface area contributed by atoms with Crippen LogP contribution in [0, 0.1) is 6.92 Å². The van der Waals surface area contributed by atoms with Crippen LogP contribution in [0.2, 0.25) is 0 Å². The lowest BCUT2D eigenvalue weighted by molar-refractivity contribution is -0.145. The minimum absolute atomic E-state index is 0.00565. The zero-order valence-electron chi connectivity index (χ0n) is 25.0. The van der Waals surface area contributed by atoms with E-state index in [1.165, 1.54) is 11.1 Å². The van der Waals surface area contributed by atoms with Crippen LogP contribution in [0.1, 0.15) is 80.3 Å². The number of carbonyl (C=O) groups excluding carboxylic acids is 2. The first kappa shape index (κ1) is 30.5. The molecule has 1 heterocycles. The molecule has 0 aromatic heterocycles. The summed E-state index contributed by atoms with van der Waals surface area (Å²) in [6.45, 7) is 9.69. The second-order valence-electron chi connectivity index (χ2n) is 11.5. The number of ether oxygens (including phenoxy) is 1. The van der Waals surface area contributed by atoms with Crippen molar-refractivity contribution in [2.75, 3.05) is 26.2 Å². The number of benzene rings is 3. The van der Waals surface area contributed by atoms with E-state index in [0.29, 0.717) is 13.0 Å². The van der Waals surface area contributed by atoms with Gasteiger partial charge in [-0.2, -0.15) is 0 Å². The third-order valence-corrected chi connectivity index (χ3v) is 8.57. The summed E-state index contributed by atoms with van der Waals surface area (Å²) in [7, 11) is 0. The molecule has 1 N–H and O–H groups in total. The zero-order chi connectivity index (χ0) is 29.1. The SMILES string of the molecule is CCCOC(=O)CC(CC)(CCCN1CCC(NC(=O)c2ccccc2-c2cccc(C)c2)CC1)c1ccccc1. The number of aryl methyl sites for hydroxylation is 1. The number of piperidine rings is 1. The molecule has 4 rings (SSSR count). The normalized spacial score (nSPS) is 15.7. The Morgan fingerprint density at radius 1 is 0.951 bits per heavy atom. The molecule has 5 heteroatoms. The van der Waals surface area contributed by atoms with Gasteiger partial charge in [0, 0.05) is 30.1 Å². The van der Waals surface area contributed by atoms with Crippen molar-refractivity contribution in [3.63, 3.8) is 0 Å². The third kappa shape index (κ3) is 8.29. The highest BCUT2D eigenvalue weighted by molar-refractivity contribution is 6.01.